The SMILES string of the molecule is N#Cc1cccc(NC(=O)CCc2ncc(-c3ccccc3Cl)o2)c1. The lowest BCUT2D eigenvalue weighted by Gasteiger charge is -2.04. The summed E-state index contributed by atoms with van der Waals surface area (Å²) in [4.78, 5) is 16.2. The maximum atomic E-state index is 12.0. The highest BCUT2D eigenvalue weighted by Gasteiger charge is 2.11. The number of aromatic nitrogens is 1. The van der Waals surface area contributed by atoms with Gasteiger partial charge in [-0.3, -0.25) is 4.79 Å². The van der Waals surface area contributed by atoms with Crippen molar-refractivity contribution in [2.24, 2.45) is 0 Å². The Balaban J connectivity index is 1.60. The Kier molecular flexibility index (Phi) is 5.12. The summed E-state index contributed by atoms with van der Waals surface area (Å²) in [7, 11) is 0. The fourth-order valence-electron chi connectivity index (χ4n) is 2.32. The van der Waals surface area contributed by atoms with Crippen molar-refractivity contribution >= 4 is 23.2 Å². The Morgan fingerprint density at radius 1 is 1.24 bits per heavy atom. The number of anilines is 1. The van der Waals surface area contributed by atoms with Crippen molar-refractivity contribution in [3.8, 4) is 17.4 Å². The van der Waals surface area contributed by atoms with E-state index in [1.807, 2.05) is 24.3 Å². The molecule has 0 atom stereocenters. The molecule has 0 fully saturated rings. The zero-order valence-electron chi connectivity index (χ0n) is 13.2. The molecule has 0 saturated carbocycles. The van der Waals surface area contributed by atoms with E-state index in [9.17, 15) is 4.79 Å². The minimum Gasteiger partial charge on any atom is -0.441 e. The average Bonchev–Trinajstić information content (AvgIpc) is 3.09. The molecule has 0 unspecified atom stereocenters. The van der Waals surface area contributed by atoms with E-state index in [0.29, 0.717) is 34.3 Å². The second kappa shape index (κ2) is 7.65. The van der Waals surface area contributed by atoms with Crippen LogP contribution in [-0.4, -0.2) is 10.9 Å². The summed E-state index contributed by atoms with van der Waals surface area (Å²) in [6, 6.07) is 16.1. The molecular formula is C19H14ClN3O2. The van der Waals surface area contributed by atoms with Gasteiger partial charge in [0.1, 0.15) is 0 Å². The zero-order valence-corrected chi connectivity index (χ0v) is 14.0. The van der Waals surface area contributed by atoms with Gasteiger partial charge in [-0.2, -0.15) is 5.26 Å². The van der Waals surface area contributed by atoms with E-state index in [1.54, 1.807) is 36.5 Å². The summed E-state index contributed by atoms with van der Waals surface area (Å²) < 4.78 is 5.67. The maximum Gasteiger partial charge on any atom is 0.224 e. The van der Waals surface area contributed by atoms with E-state index < -0.39 is 0 Å². The first kappa shape index (κ1) is 16.7. The zero-order chi connectivity index (χ0) is 17.6. The molecular weight excluding hydrogens is 338 g/mol. The number of nitriles is 1. The molecule has 5 nitrogen and oxygen atoms in total. The fourth-order valence-corrected chi connectivity index (χ4v) is 2.55. The third-order valence-electron chi connectivity index (χ3n) is 3.53. The first-order valence-corrected chi connectivity index (χ1v) is 8.03. The van der Waals surface area contributed by atoms with Crippen molar-refractivity contribution in [3.63, 3.8) is 0 Å². The van der Waals surface area contributed by atoms with Crippen molar-refractivity contribution in [2.45, 2.75) is 12.8 Å². The number of hydrogen-bond acceptors (Lipinski definition) is 4. The Labute approximate surface area is 149 Å². The van der Waals surface area contributed by atoms with Crippen LogP contribution in [0.25, 0.3) is 11.3 Å². The lowest BCUT2D eigenvalue weighted by Crippen LogP contribution is -2.12. The minimum absolute atomic E-state index is 0.174. The van der Waals surface area contributed by atoms with E-state index in [2.05, 4.69) is 10.3 Å². The maximum absolute atomic E-state index is 12.0. The Morgan fingerprint density at radius 3 is 2.88 bits per heavy atom. The molecule has 3 aromatic rings. The summed E-state index contributed by atoms with van der Waals surface area (Å²) in [5.74, 6) is 0.867. The summed E-state index contributed by atoms with van der Waals surface area (Å²) in [6.45, 7) is 0. The second-order valence-electron chi connectivity index (χ2n) is 5.34. The van der Waals surface area contributed by atoms with Crippen LogP contribution >= 0.6 is 11.6 Å². The molecule has 6 heteroatoms. The molecule has 2 aromatic carbocycles. The predicted molar refractivity (Wildman–Crippen MR) is 95.1 cm³/mol. The van der Waals surface area contributed by atoms with Crippen LogP contribution in [0.1, 0.15) is 17.9 Å². The van der Waals surface area contributed by atoms with Crippen LogP contribution in [-0.2, 0) is 11.2 Å². The molecule has 0 spiro atoms. The van der Waals surface area contributed by atoms with Gasteiger partial charge in [0.15, 0.2) is 11.7 Å². The van der Waals surface area contributed by atoms with Gasteiger partial charge >= 0.3 is 0 Å². The number of nitrogens with zero attached hydrogens (tertiary/aromatic N) is 2. The third-order valence-corrected chi connectivity index (χ3v) is 3.86. The van der Waals surface area contributed by atoms with Crippen LogP contribution in [0, 0.1) is 11.3 Å². The summed E-state index contributed by atoms with van der Waals surface area (Å²) in [6.07, 6.45) is 2.19. The molecule has 25 heavy (non-hydrogen) atoms. The van der Waals surface area contributed by atoms with E-state index in [1.165, 1.54) is 0 Å². The number of oxazole rings is 1. The molecule has 1 amide bonds. The molecule has 124 valence electrons. The standard InChI is InChI=1S/C19H14ClN3O2/c20-16-7-2-1-6-15(16)17-12-22-19(25-17)9-8-18(24)23-14-5-3-4-13(10-14)11-21/h1-7,10,12H,8-9H2,(H,23,24). The molecule has 0 aliphatic rings. The molecule has 0 radical (unpaired) electrons. The number of benzene rings is 2. The predicted octanol–water partition coefficient (Wildman–Crippen LogP) is 4.44. The number of aryl methyl sites for hydroxylation is 1. The van der Waals surface area contributed by atoms with Gasteiger partial charge in [-0.25, -0.2) is 4.98 Å². The summed E-state index contributed by atoms with van der Waals surface area (Å²) >= 11 is 6.14. The van der Waals surface area contributed by atoms with Crippen molar-refractivity contribution in [2.75, 3.05) is 5.32 Å². The highest BCUT2D eigenvalue weighted by Crippen LogP contribution is 2.28. The number of hydrogen-bond donors (Lipinski definition) is 1. The minimum atomic E-state index is -0.174. The summed E-state index contributed by atoms with van der Waals surface area (Å²) in [5.41, 5.74) is 1.85. The van der Waals surface area contributed by atoms with Crippen LogP contribution in [0.15, 0.2) is 59.1 Å². The molecule has 1 aromatic heterocycles. The highest BCUT2D eigenvalue weighted by atomic mass is 35.5. The molecule has 0 bridgehead atoms. The number of rotatable bonds is 5. The molecule has 0 aliphatic heterocycles. The number of nitrogens with one attached hydrogen (secondary N) is 1. The first-order valence-electron chi connectivity index (χ1n) is 7.65. The molecule has 1 heterocycles. The van der Waals surface area contributed by atoms with E-state index in [0.717, 1.165) is 5.56 Å². The number of carbonyl (C=O) groups excluding carboxylic acids is 1. The highest BCUT2D eigenvalue weighted by molar-refractivity contribution is 6.33. The van der Waals surface area contributed by atoms with Crippen molar-refractivity contribution in [1.82, 2.24) is 4.98 Å². The van der Waals surface area contributed by atoms with Crippen molar-refractivity contribution in [3.05, 3.63) is 71.2 Å². The van der Waals surface area contributed by atoms with Gasteiger partial charge in [-0.15, -0.1) is 0 Å². The molecule has 0 saturated heterocycles. The first-order chi connectivity index (χ1) is 12.2. The molecule has 1 N–H and O–H groups in total. The monoisotopic (exact) mass is 351 g/mol. The molecule has 3 rings (SSSR count). The van der Waals surface area contributed by atoms with E-state index in [-0.39, 0.29) is 12.3 Å². The lowest BCUT2D eigenvalue weighted by molar-refractivity contribution is -0.116. The molecule has 0 aliphatic carbocycles. The van der Waals surface area contributed by atoms with Crippen molar-refractivity contribution in [1.29, 1.82) is 5.26 Å². The van der Waals surface area contributed by atoms with Crippen LogP contribution in [0.4, 0.5) is 5.69 Å². The quantitative estimate of drug-likeness (QED) is 0.737. The van der Waals surface area contributed by atoms with Crippen LogP contribution < -0.4 is 5.32 Å². The Bertz CT molecular complexity index is 944. The third kappa shape index (κ3) is 4.25. The topological polar surface area (TPSA) is 78.9 Å². The number of halogens is 1. The van der Waals surface area contributed by atoms with Crippen molar-refractivity contribution < 1.29 is 9.21 Å². The Hall–Kier alpha value is -3.10. The van der Waals surface area contributed by atoms with Crippen LogP contribution in [0.2, 0.25) is 5.02 Å². The fraction of sp³-hybridized carbons (Fsp3) is 0.105. The second-order valence-corrected chi connectivity index (χ2v) is 5.75. The van der Waals surface area contributed by atoms with Crippen LogP contribution in [0.3, 0.4) is 0 Å². The Morgan fingerprint density at radius 2 is 2.08 bits per heavy atom. The lowest BCUT2D eigenvalue weighted by atomic mass is 10.2. The van der Waals surface area contributed by atoms with Gasteiger partial charge in [-0.1, -0.05) is 29.8 Å². The number of amides is 1. The van der Waals surface area contributed by atoms with Gasteiger partial charge in [0.05, 0.1) is 22.9 Å². The summed E-state index contributed by atoms with van der Waals surface area (Å²) in [5, 5.41) is 12.2. The van der Waals surface area contributed by atoms with E-state index >= 15 is 0 Å². The largest absolute Gasteiger partial charge is 0.441 e. The van der Waals surface area contributed by atoms with Crippen LogP contribution in [0.5, 0.6) is 0 Å². The normalized spacial score (nSPS) is 10.2. The van der Waals surface area contributed by atoms with Gasteiger partial charge in [0.2, 0.25) is 5.91 Å². The number of carbonyl (C=O) groups is 1. The smallest absolute Gasteiger partial charge is 0.224 e. The van der Waals surface area contributed by atoms with Gasteiger partial charge in [0.25, 0.3) is 0 Å². The van der Waals surface area contributed by atoms with Gasteiger partial charge in [0, 0.05) is 24.1 Å². The van der Waals surface area contributed by atoms with E-state index in [4.69, 9.17) is 21.3 Å². The van der Waals surface area contributed by atoms with Gasteiger partial charge < -0.3 is 9.73 Å². The average molecular weight is 352 g/mol. The van der Waals surface area contributed by atoms with Gasteiger partial charge in [-0.05, 0) is 30.3 Å².